The number of allylic oxidation sites excluding steroid dienone is 4. The molecule has 0 heterocycles. The highest BCUT2D eigenvalue weighted by molar-refractivity contribution is 6.05. The molecule has 0 saturated heterocycles. The van der Waals surface area contributed by atoms with Crippen LogP contribution >= 0.6 is 0 Å². The minimum absolute atomic E-state index is 0.0124. The van der Waals surface area contributed by atoms with Crippen LogP contribution < -0.4 is 5.32 Å². The number of nitrogens with zero attached hydrogens (tertiary/aromatic N) is 1. The zero-order chi connectivity index (χ0) is 27.1. The molecule has 3 fully saturated rings. The van der Waals surface area contributed by atoms with Gasteiger partial charge in [-0.1, -0.05) is 61.0 Å². The lowest BCUT2D eigenvalue weighted by molar-refractivity contribution is -0.145. The van der Waals surface area contributed by atoms with Gasteiger partial charge in [0, 0.05) is 5.41 Å². The van der Waals surface area contributed by atoms with Gasteiger partial charge in [-0.25, -0.2) is 4.79 Å². The van der Waals surface area contributed by atoms with Crippen molar-refractivity contribution in [2.45, 2.75) is 70.9 Å². The number of rotatable bonds is 6. The van der Waals surface area contributed by atoms with Gasteiger partial charge in [0.05, 0.1) is 12.7 Å². The second-order valence-corrected chi connectivity index (χ2v) is 12.2. The van der Waals surface area contributed by atoms with Crippen LogP contribution in [0.2, 0.25) is 0 Å². The number of amides is 1. The van der Waals surface area contributed by atoms with Crippen LogP contribution in [-0.2, 0) is 19.2 Å². The van der Waals surface area contributed by atoms with Crippen molar-refractivity contribution in [1.82, 2.24) is 5.32 Å². The fourth-order valence-corrected chi connectivity index (χ4v) is 7.92. The Morgan fingerprint density at radius 3 is 2.58 bits per heavy atom. The van der Waals surface area contributed by atoms with Gasteiger partial charge in [-0.2, -0.15) is 0 Å². The maximum Gasteiger partial charge on any atom is 0.333 e. The van der Waals surface area contributed by atoms with Crippen molar-refractivity contribution in [1.29, 1.82) is 0 Å². The number of carbonyl (C=O) groups excluding carboxylic acids is 2. The Labute approximate surface area is 225 Å². The number of nitrogens with one attached hydrogen (secondary N) is 1. The van der Waals surface area contributed by atoms with Crippen molar-refractivity contribution in [3.63, 3.8) is 0 Å². The summed E-state index contributed by atoms with van der Waals surface area (Å²) >= 11 is 0. The van der Waals surface area contributed by atoms with E-state index in [1.807, 2.05) is 19.1 Å². The molecule has 3 saturated carbocycles. The molecule has 38 heavy (non-hydrogen) atoms. The number of esters is 1. The van der Waals surface area contributed by atoms with Crippen LogP contribution in [0.25, 0.3) is 0 Å². The van der Waals surface area contributed by atoms with E-state index in [0.717, 1.165) is 38.5 Å². The zero-order valence-electron chi connectivity index (χ0n) is 22.9. The number of hydrogen-bond donors (Lipinski definition) is 2. The molecule has 7 atom stereocenters. The van der Waals surface area contributed by atoms with Crippen molar-refractivity contribution in [2.24, 2.45) is 33.7 Å². The zero-order valence-corrected chi connectivity index (χ0v) is 22.9. The van der Waals surface area contributed by atoms with E-state index in [1.54, 1.807) is 24.3 Å². The van der Waals surface area contributed by atoms with Crippen molar-refractivity contribution in [2.75, 3.05) is 13.7 Å². The molecule has 7 heteroatoms. The van der Waals surface area contributed by atoms with Crippen LogP contribution in [0, 0.1) is 28.6 Å². The molecule has 1 aromatic carbocycles. The first-order valence-corrected chi connectivity index (χ1v) is 13.8. The molecule has 4 aliphatic rings. The van der Waals surface area contributed by atoms with Crippen LogP contribution in [0.1, 0.15) is 70.9 Å². The third-order valence-electron chi connectivity index (χ3n) is 10.4. The number of methoxy groups -OCH3 is 1. The molecule has 204 valence electrons. The van der Waals surface area contributed by atoms with Crippen molar-refractivity contribution < 1.29 is 24.3 Å². The highest BCUT2D eigenvalue weighted by Crippen LogP contribution is 2.66. The van der Waals surface area contributed by atoms with Crippen LogP contribution in [0.3, 0.4) is 0 Å². The second-order valence-electron chi connectivity index (χ2n) is 12.2. The monoisotopic (exact) mass is 520 g/mol. The van der Waals surface area contributed by atoms with Gasteiger partial charge in [0.15, 0.2) is 12.6 Å². The molecule has 0 aliphatic heterocycles. The number of hydrogen-bond acceptors (Lipinski definition) is 6. The highest BCUT2D eigenvalue weighted by atomic mass is 16.6. The molecular weight excluding hydrogens is 480 g/mol. The molecule has 2 N–H and O–H groups in total. The first-order valence-electron chi connectivity index (χ1n) is 13.8. The third kappa shape index (κ3) is 4.49. The summed E-state index contributed by atoms with van der Waals surface area (Å²) in [5.74, 6) is 0.760. The number of fused-ring (bicyclic) bond motifs is 5. The Morgan fingerprint density at radius 1 is 1.11 bits per heavy atom. The second kappa shape index (κ2) is 9.99. The molecule has 0 spiro atoms. The van der Waals surface area contributed by atoms with Gasteiger partial charge in [0.25, 0.3) is 5.91 Å². The molecule has 4 aliphatic carbocycles. The van der Waals surface area contributed by atoms with E-state index in [1.165, 1.54) is 12.7 Å². The van der Waals surface area contributed by atoms with Gasteiger partial charge in [-0.3, -0.25) is 4.79 Å². The molecule has 0 radical (unpaired) electrons. The van der Waals surface area contributed by atoms with E-state index in [4.69, 9.17) is 9.57 Å². The lowest BCUT2D eigenvalue weighted by atomic mass is 9.47. The van der Waals surface area contributed by atoms with Crippen LogP contribution in [-0.4, -0.2) is 42.0 Å². The number of aliphatic hydroxyl groups is 1. The van der Waals surface area contributed by atoms with E-state index >= 15 is 0 Å². The van der Waals surface area contributed by atoms with E-state index in [0.29, 0.717) is 29.0 Å². The topological polar surface area (TPSA) is 97.2 Å². The van der Waals surface area contributed by atoms with Gasteiger partial charge in [0.2, 0.25) is 0 Å². The number of ether oxygens (including phenoxy) is 1. The Balaban J connectivity index is 1.22. The largest absolute Gasteiger partial charge is 0.467 e. The van der Waals surface area contributed by atoms with Gasteiger partial charge >= 0.3 is 5.97 Å². The fourth-order valence-electron chi connectivity index (χ4n) is 7.92. The Morgan fingerprint density at radius 2 is 1.84 bits per heavy atom. The van der Waals surface area contributed by atoms with E-state index in [2.05, 4.69) is 36.5 Å². The average Bonchev–Trinajstić information content (AvgIpc) is 3.16. The quantitative estimate of drug-likeness (QED) is 0.412. The SMILES string of the molecule is COC(=O)C(NC(=O)CO/N=C1\C=C[C@@]2(C)C(=C1)CC[C@@H]1[C@@H]2CC[C@@]2(C)[C@H]1CC[C@]2(C)O)c1ccccc1. The average molecular weight is 521 g/mol. The Kier molecular flexibility index (Phi) is 7.01. The first-order chi connectivity index (χ1) is 18.1. The van der Waals surface area contributed by atoms with Gasteiger partial charge in [0.1, 0.15) is 5.71 Å². The molecule has 0 aromatic heterocycles. The van der Waals surface area contributed by atoms with E-state index in [9.17, 15) is 14.7 Å². The highest BCUT2D eigenvalue weighted by Gasteiger charge is 2.61. The number of oxime groups is 1. The standard InChI is InChI=1S/C31H40N2O5/c1-29-15-12-22(33-38-19-26(34)32-27(28(35)37-4)20-8-6-5-7-9-20)18-21(29)10-11-23-24(29)13-16-30(2)25(23)14-17-31(30,3)36/h5-9,12,15,18,23-25,27,36H,10-11,13-14,16-17,19H2,1-4H3,(H,32,34)/b33-22+/t23-,24+,25+,27?,29+,30+,31+/m1/s1. The van der Waals surface area contributed by atoms with E-state index < -0.39 is 23.5 Å². The molecule has 1 unspecified atom stereocenters. The summed E-state index contributed by atoms with van der Waals surface area (Å²) in [6, 6.07) is 8.05. The summed E-state index contributed by atoms with van der Waals surface area (Å²) < 4.78 is 4.85. The maximum absolute atomic E-state index is 12.5. The van der Waals surface area contributed by atoms with Crippen molar-refractivity contribution in [3.05, 3.63) is 59.7 Å². The number of benzene rings is 1. The fraction of sp³-hybridized carbons (Fsp3) is 0.581. The summed E-state index contributed by atoms with van der Waals surface area (Å²) in [5.41, 5.74) is 2.13. The molecule has 0 bridgehead atoms. The van der Waals surface area contributed by atoms with E-state index in [-0.39, 0.29) is 17.4 Å². The predicted molar refractivity (Wildman–Crippen MR) is 145 cm³/mol. The van der Waals surface area contributed by atoms with Gasteiger partial charge in [-0.15, -0.1) is 0 Å². The normalized spacial score (nSPS) is 37.3. The first kappa shape index (κ1) is 26.7. The van der Waals surface area contributed by atoms with Crippen molar-refractivity contribution >= 4 is 17.6 Å². The van der Waals surface area contributed by atoms with Crippen molar-refractivity contribution in [3.8, 4) is 0 Å². The third-order valence-corrected chi connectivity index (χ3v) is 10.4. The number of carbonyl (C=O) groups is 2. The summed E-state index contributed by atoms with van der Waals surface area (Å²) in [6.07, 6.45) is 12.8. The van der Waals surface area contributed by atoms with Crippen LogP contribution in [0.15, 0.2) is 59.3 Å². The van der Waals surface area contributed by atoms with Gasteiger partial charge in [-0.05, 0) is 86.3 Å². The minimum Gasteiger partial charge on any atom is -0.467 e. The Hall–Kier alpha value is -2.93. The maximum atomic E-state index is 12.5. The molecule has 1 amide bonds. The molecular formula is C31H40N2O5. The molecule has 7 nitrogen and oxygen atoms in total. The smallest absolute Gasteiger partial charge is 0.333 e. The molecule has 5 rings (SSSR count). The van der Waals surface area contributed by atoms with Gasteiger partial charge < -0.3 is 20.0 Å². The lowest BCUT2D eigenvalue weighted by Crippen LogP contribution is -2.53. The summed E-state index contributed by atoms with van der Waals surface area (Å²) in [4.78, 5) is 30.1. The van der Waals surface area contributed by atoms with Crippen LogP contribution in [0.5, 0.6) is 0 Å². The summed E-state index contributed by atoms with van der Waals surface area (Å²) in [5, 5.41) is 18.0. The predicted octanol–water partition coefficient (Wildman–Crippen LogP) is 4.88. The summed E-state index contributed by atoms with van der Waals surface area (Å²) in [6.45, 7) is 6.41. The summed E-state index contributed by atoms with van der Waals surface area (Å²) in [7, 11) is 1.29. The van der Waals surface area contributed by atoms with Crippen LogP contribution in [0.4, 0.5) is 0 Å². The minimum atomic E-state index is -0.904. The lowest BCUT2D eigenvalue weighted by Gasteiger charge is -2.58. The Bertz CT molecular complexity index is 1170. The molecule has 1 aromatic rings.